The second kappa shape index (κ2) is 10.5. The molecule has 0 unspecified atom stereocenters. The molecule has 10 nitrogen and oxygen atoms in total. The van der Waals surface area contributed by atoms with E-state index in [4.69, 9.17) is 13.9 Å². The van der Waals surface area contributed by atoms with Crippen molar-refractivity contribution in [2.24, 2.45) is 0 Å². The number of hydrogen-bond acceptors (Lipinski definition) is 8. The topological polar surface area (TPSA) is 113 Å². The van der Waals surface area contributed by atoms with Gasteiger partial charge in [-0.25, -0.2) is 0 Å². The number of fused-ring (bicyclic) bond motifs is 2. The Kier molecular flexibility index (Phi) is 7.05. The van der Waals surface area contributed by atoms with Crippen molar-refractivity contribution in [1.82, 2.24) is 9.80 Å². The fraction of sp³-hybridized carbons (Fsp3) is 0.400. The van der Waals surface area contributed by atoms with E-state index in [0.29, 0.717) is 85.9 Å². The molecule has 0 bridgehead atoms. The summed E-state index contributed by atoms with van der Waals surface area (Å²) in [5, 5.41) is 6.44. The lowest BCUT2D eigenvalue weighted by Gasteiger charge is -2.25. The van der Waals surface area contributed by atoms with E-state index in [-0.39, 0.29) is 30.3 Å². The van der Waals surface area contributed by atoms with E-state index >= 15 is 0 Å². The summed E-state index contributed by atoms with van der Waals surface area (Å²) in [4.78, 5) is 42.2. The Balaban J connectivity index is 1.33. The summed E-state index contributed by atoms with van der Waals surface area (Å²) in [5.74, 6) is -0.302. The van der Waals surface area contributed by atoms with Crippen molar-refractivity contribution in [3.63, 3.8) is 0 Å². The minimum atomic E-state index is -0.227. The van der Waals surface area contributed by atoms with Crippen molar-refractivity contribution in [3.05, 3.63) is 46.6 Å². The van der Waals surface area contributed by atoms with Crippen LogP contribution < -0.4 is 16.1 Å². The largest absolute Gasteiger partial charge is 0.456 e. The molecule has 184 valence electrons. The summed E-state index contributed by atoms with van der Waals surface area (Å²) in [6, 6.07) is 10.0. The molecule has 2 aliphatic rings. The summed E-state index contributed by atoms with van der Waals surface area (Å²) >= 11 is 0. The van der Waals surface area contributed by atoms with E-state index in [0.717, 1.165) is 0 Å². The molecule has 2 N–H and O–H groups in total. The van der Waals surface area contributed by atoms with E-state index in [1.54, 1.807) is 36.4 Å². The molecule has 0 spiro atoms. The highest BCUT2D eigenvalue weighted by Gasteiger charge is 2.17. The third kappa shape index (κ3) is 5.68. The van der Waals surface area contributed by atoms with E-state index in [9.17, 15) is 14.4 Å². The van der Waals surface area contributed by atoms with Crippen LogP contribution in [0.2, 0.25) is 0 Å². The zero-order valence-corrected chi connectivity index (χ0v) is 19.4. The monoisotopic (exact) mass is 480 g/mol. The number of rotatable bonds is 6. The molecule has 0 saturated carbocycles. The highest BCUT2D eigenvalue weighted by molar-refractivity contribution is 5.98. The summed E-state index contributed by atoms with van der Waals surface area (Å²) in [6.45, 7) is 5.86. The summed E-state index contributed by atoms with van der Waals surface area (Å²) < 4.78 is 16.5. The third-order valence-electron chi connectivity index (χ3n) is 6.18. The van der Waals surface area contributed by atoms with E-state index in [2.05, 4.69) is 10.6 Å². The van der Waals surface area contributed by atoms with Crippen molar-refractivity contribution < 1.29 is 23.5 Å². The SMILES string of the molecule is O=C(CN1CCOCC1)Nc1ccc2oc3ccc(NC(=O)CN4CCOCC4)cc3c(=O)c2c1. The molecule has 3 aromatic rings. The lowest BCUT2D eigenvalue weighted by atomic mass is 10.1. The summed E-state index contributed by atoms with van der Waals surface area (Å²) in [6.07, 6.45) is 0. The van der Waals surface area contributed by atoms with Crippen molar-refractivity contribution in [2.75, 3.05) is 76.3 Å². The zero-order valence-electron chi connectivity index (χ0n) is 19.4. The molecule has 5 rings (SSSR count). The van der Waals surface area contributed by atoms with Gasteiger partial charge >= 0.3 is 0 Å². The van der Waals surface area contributed by atoms with E-state index in [1.165, 1.54) is 0 Å². The van der Waals surface area contributed by atoms with Gasteiger partial charge in [-0.05, 0) is 36.4 Å². The van der Waals surface area contributed by atoms with Crippen molar-refractivity contribution in [1.29, 1.82) is 0 Å². The molecule has 0 radical (unpaired) electrons. The zero-order chi connectivity index (χ0) is 24.2. The first kappa shape index (κ1) is 23.4. The molecule has 2 aromatic carbocycles. The molecule has 0 aliphatic carbocycles. The number of ether oxygens (including phenoxy) is 2. The van der Waals surface area contributed by atoms with Gasteiger partial charge in [0.15, 0.2) is 0 Å². The van der Waals surface area contributed by atoms with Crippen LogP contribution in [0, 0.1) is 0 Å². The lowest BCUT2D eigenvalue weighted by Crippen LogP contribution is -2.41. The fourth-order valence-electron chi connectivity index (χ4n) is 4.34. The number of nitrogens with one attached hydrogen (secondary N) is 2. The van der Waals surface area contributed by atoms with Crippen molar-refractivity contribution >= 4 is 45.1 Å². The minimum absolute atomic E-state index is 0.151. The van der Waals surface area contributed by atoms with Crippen LogP contribution >= 0.6 is 0 Å². The van der Waals surface area contributed by atoms with Gasteiger partial charge in [-0.3, -0.25) is 24.2 Å². The molecular formula is C25H28N4O6. The number of carbonyl (C=O) groups excluding carboxylic acids is 2. The van der Waals surface area contributed by atoms with Gasteiger partial charge in [0.25, 0.3) is 0 Å². The smallest absolute Gasteiger partial charge is 0.238 e. The Morgan fingerprint density at radius 2 is 1.14 bits per heavy atom. The van der Waals surface area contributed by atoms with Crippen LogP contribution in [0.4, 0.5) is 11.4 Å². The van der Waals surface area contributed by atoms with Crippen LogP contribution in [0.5, 0.6) is 0 Å². The van der Waals surface area contributed by atoms with Crippen LogP contribution in [0.25, 0.3) is 21.9 Å². The molecule has 2 aliphatic heterocycles. The maximum atomic E-state index is 13.3. The first-order valence-corrected chi connectivity index (χ1v) is 11.8. The van der Waals surface area contributed by atoms with Gasteiger partial charge < -0.3 is 24.5 Å². The second-order valence-corrected chi connectivity index (χ2v) is 8.73. The standard InChI is InChI=1S/C25H28N4O6/c30-23(15-28-5-9-33-10-6-28)26-17-1-3-21-19(13-17)25(32)20-14-18(2-4-22(20)35-21)27-24(31)16-29-7-11-34-12-8-29/h1-4,13-14H,5-12,15-16H2,(H,26,30)(H,27,31). The molecule has 3 heterocycles. The molecule has 35 heavy (non-hydrogen) atoms. The van der Waals surface area contributed by atoms with Gasteiger partial charge in [0.2, 0.25) is 17.2 Å². The number of hydrogen-bond donors (Lipinski definition) is 2. The van der Waals surface area contributed by atoms with Gasteiger partial charge in [0, 0.05) is 37.6 Å². The Bertz CT molecular complexity index is 1200. The highest BCUT2D eigenvalue weighted by atomic mass is 16.5. The first-order chi connectivity index (χ1) is 17.0. The van der Waals surface area contributed by atoms with Crippen LogP contribution in [-0.2, 0) is 19.1 Å². The summed E-state index contributed by atoms with van der Waals surface area (Å²) in [5.41, 5.74) is 1.68. The van der Waals surface area contributed by atoms with Gasteiger partial charge in [0.05, 0.1) is 50.3 Å². The number of amides is 2. The van der Waals surface area contributed by atoms with Crippen molar-refractivity contribution in [3.8, 4) is 0 Å². The Morgan fingerprint density at radius 3 is 1.57 bits per heavy atom. The maximum Gasteiger partial charge on any atom is 0.238 e. The maximum absolute atomic E-state index is 13.3. The van der Waals surface area contributed by atoms with Crippen LogP contribution in [0.3, 0.4) is 0 Å². The number of nitrogens with zero attached hydrogens (tertiary/aromatic N) is 2. The first-order valence-electron chi connectivity index (χ1n) is 11.8. The Labute approximate surface area is 201 Å². The minimum Gasteiger partial charge on any atom is -0.456 e. The van der Waals surface area contributed by atoms with Gasteiger partial charge in [-0.2, -0.15) is 0 Å². The molecule has 2 saturated heterocycles. The molecule has 2 amide bonds. The average molecular weight is 481 g/mol. The highest BCUT2D eigenvalue weighted by Crippen LogP contribution is 2.24. The number of benzene rings is 2. The average Bonchev–Trinajstić information content (AvgIpc) is 2.86. The van der Waals surface area contributed by atoms with Gasteiger partial charge in [-0.1, -0.05) is 0 Å². The molecule has 2 fully saturated rings. The number of anilines is 2. The summed E-state index contributed by atoms with van der Waals surface area (Å²) in [7, 11) is 0. The predicted octanol–water partition coefficient (Wildman–Crippen LogP) is 1.49. The lowest BCUT2D eigenvalue weighted by molar-refractivity contribution is -0.119. The van der Waals surface area contributed by atoms with Crippen LogP contribution in [0.1, 0.15) is 0 Å². The third-order valence-corrected chi connectivity index (χ3v) is 6.18. The number of carbonyl (C=O) groups is 2. The quantitative estimate of drug-likeness (QED) is 0.511. The molecule has 0 atom stereocenters. The predicted molar refractivity (Wildman–Crippen MR) is 132 cm³/mol. The number of morpholine rings is 2. The molecule has 1 aromatic heterocycles. The fourth-order valence-corrected chi connectivity index (χ4v) is 4.34. The Hall–Kier alpha value is -3.31. The molecule has 10 heteroatoms. The van der Waals surface area contributed by atoms with Crippen LogP contribution in [0.15, 0.2) is 45.6 Å². The van der Waals surface area contributed by atoms with E-state index < -0.39 is 0 Å². The normalized spacial score (nSPS) is 17.5. The second-order valence-electron chi connectivity index (χ2n) is 8.73. The Morgan fingerprint density at radius 1 is 0.714 bits per heavy atom. The van der Waals surface area contributed by atoms with Crippen molar-refractivity contribution in [2.45, 2.75) is 0 Å². The molecular weight excluding hydrogens is 452 g/mol. The van der Waals surface area contributed by atoms with Gasteiger partial charge in [-0.15, -0.1) is 0 Å². The van der Waals surface area contributed by atoms with Gasteiger partial charge in [0.1, 0.15) is 11.2 Å². The van der Waals surface area contributed by atoms with Crippen LogP contribution in [-0.4, -0.2) is 87.3 Å². The van der Waals surface area contributed by atoms with E-state index in [1.807, 2.05) is 9.80 Å².